The molecule has 0 aromatic heterocycles. The summed E-state index contributed by atoms with van der Waals surface area (Å²) in [5.41, 5.74) is 0. The zero-order chi connectivity index (χ0) is 15.4. The fourth-order valence-corrected chi connectivity index (χ4v) is 8.70. The van der Waals surface area contributed by atoms with E-state index in [9.17, 15) is 0 Å². The molecule has 130 valence electrons. The van der Waals surface area contributed by atoms with Crippen molar-refractivity contribution in [2.24, 2.45) is 53.3 Å². The van der Waals surface area contributed by atoms with E-state index in [0.717, 1.165) is 41.4 Å². The van der Waals surface area contributed by atoms with Crippen LogP contribution in [0.3, 0.4) is 0 Å². The van der Waals surface area contributed by atoms with Gasteiger partial charge in [-0.25, -0.2) is 0 Å². The maximum atomic E-state index is 2.53. The molecule has 0 amide bonds. The fourth-order valence-electron chi connectivity index (χ4n) is 8.70. The summed E-state index contributed by atoms with van der Waals surface area (Å²) in [6.45, 7) is 2.53. The SMILES string of the molecule is CC1CCCC2CC(C3CCC4CCCC5CCC3C45)CC2C1. The molecule has 0 heteroatoms. The van der Waals surface area contributed by atoms with Gasteiger partial charge >= 0.3 is 0 Å². The monoisotopic (exact) mass is 314 g/mol. The van der Waals surface area contributed by atoms with Crippen molar-refractivity contribution in [3.63, 3.8) is 0 Å². The first kappa shape index (κ1) is 15.3. The lowest BCUT2D eigenvalue weighted by Crippen LogP contribution is -2.39. The maximum Gasteiger partial charge on any atom is -0.0326 e. The number of fused-ring (bicyclic) bond motifs is 1. The van der Waals surface area contributed by atoms with E-state index in [1.807, 2.05) is 0 Å². The van der Waals surface area contributed by atoms with E-state index in [-0.39, 0.29) is 0 Å². The van der Waals surface area contributed by atoms with Crippen LogP contribution in [-0.2, 0) is 0 Å². The lowest BCUT2D eigenvalue weighted by Gasteiger charge is -2.46. The van der Waals surface area contributed by atoms with Crippen LogP contribution < -0.4 is 0 Å². The highest BCUT2D eigenvalue weighted by Gasteiger charge is 2.51. The molecule has 0 bridgehead atoms. The molecule has 0 aromatic carbocycles. The molecule has 9 unspecified atom stereocenters. The Labute approximate surface area is 144 Å². The molecule has 5 aliphatic rings. The Kier molecular flexibility index (Phi) is 4.03. The molecular formula is C23H38. The van der Waals surface area contributed by atoms with E-state index in [4.69, 9.17) is 0 Å². The van der Waals surface area contributed by atoms with Gasteiger partial charge in [-0.05, 0) is 98.2 Å². The average Bonchev–Trinajstić information content (AvgIpc) is 3.11. The van der Waals surface area contributed by atoms with Gasteiger partial charge in [0.25, 0.3) is 0 Å². The highest BCUT2D eigenvalue weighted by molar-refractivity contribution is 5.01. The fraction of sp³-hybridized carbons (Fsp3) is 1.00. The maximum absolute atomic E-state index is 2.53. The summed E-state index contributed by atoms with van der Waals surface area (Å²) in [6, 6.07) is 0. The third-order valence-electron chi connectivity index (χ3n) is 9.48. The lowest BCUT2D eigenvalue weighted by atomic mass is 9.59. The third-order valence-corrected chi connectivity index (χ3v) is 9.48. The summed E-state index contributed by atoms with van der Waals surface area (Å²) in [6.07, 6.45) is 20.7. The smallest absolute Gasteiger partial charge is 0.0326 e. The molecule has 0 N–H and O–H groups in total. The molecule has 0 aliphatic heterocycles. The minimum absolute atomic E-state index is 1.02. The van der Waals surface area contributed by atoms with E-state index in [0.29, 0.717) is 0 Å². The van der Waals surface area contributed by atoms with Gasteiger partial charge in [0.15, 0.2) is 0 Å². The molecule has 0 aromatic rings. The first-order valence-electron chi connectivity index (χ1n) is 11.3. The second-order valence-corrected chi connectivity index (χ2v) is 10.5. The minimum atomic E-state index is 1.02. The van der Waals surface area contributed by atoms with Crippen molar-refractivity contribution in [2.45, 2.75) is 90.4 Å². The Hall–Kier alpha value is 0. The molecule has 0 saturated heterocycles. The summed E-state index contributed by atoms with van der Waals surface area (Å²) in [4.78, 5) is 0. The highest BCUT2D eigenvalue weighted by atomic mass is 14.6. The predicted octanol–water partition coefficient (Wildman–Crippen LogP) is 6.69. The molecule has 5 fully saturated rings. The van der Waals surface area contributed by atoms with E-state index >= 15 is 0 Å². The van der Waals surface area contributed by atoms with Crippen LogP contribution in [0.15, 0.2) is 0 Å². The second kappa shape index (κ2) is 6.06. The van der Waals surface area contributed by atoms with Crippen LogP contribution in [-0.4, -0.2) is 0 Å². The summed E-state index contributed by atoms with van der Waals surface area (Å²) in [7, 11) is 0. The Morgan fingerprint density at radius 3 is 1.96 bits per heavy atom. The van der Waals surface area contributed by atoms with Gasteiger partial charge in [-0.2, -0.15) is 0 Å². The van der Waals surface area contributed by atoms with Crippen LogP contribution in [0.4, 0.5) is 0 Å². The van der Waals surface area contributed by atoms with Crippen molar-refractivity contribution in [1.82, 2.24) is 0 Å². The number of rotatable bonds is 1. The minimum Gasteiger partial charge on any atom is -0.0625 e. The van der Waals surface area contributed by atoms with Crippen LogP contribution >= 0.6 is 0 Å². The van der Waals surface area contributed by atoms with E-state index in [1.165, 1.54) is 24.7 Å². The predicted molar refractivity (Wildman–Crippen MR) is 97.1 cm³/mol. The quantitative estimate of drug-likeness (QED) is 0.505. The topological polar surface area (TPSA) is 0 Å². The van der Waals surface area contributed by atoms with Crippen molar-refractivity contribution in [2.75, 3.05) is 0 Å². The first-order chi connectivity index (χ1) is 11.3. The summed E-state index contributed by atoms with van der Waals surface area (Å²) in [5, 5.41) is 0. The van der Waals surface area contributed by atoms with E-state index in [2.05, 4.69) is 6.92 Å². The van der Waals surface area contributed by atoms with Crippen LogP contribution in [0.2, 0.25) is 0 Å². The Morgan fingerprint density at radius 1 is 0.478 bits per heavy atom. The van der Waals surface area contributed by atoms with Gasteiger partial charge < -0.3 is 0 Å². The van der Waals surface area contributed by atoms with Gasteiger partial charge in [-0.3, -0.25) is 0 Å². The third kappa shape index (κ3) is 2.62. The molecule has 0 spiro atoms. The largest absolute Gasteiger partial charge is 0.0625 e. The van der Waals surface area contributed by atoms with E-state index in [1.54, 1.807) is 70.6 Å². The molecule has 0 radical (unpaired) electrons. The van der Waals surface area contributed by atoms with Crippen LogP contribution in [0, 0.1) is 53.3 Å². The molecular weight excluding hydrogens is 276 g/mol. The van der Waals surface area contributed by atoms with E-state index < -0.39 is 0 Å². The Balaban J connectivity index is 1.31. The van der Waals surface area contributed by atoms with Gasteiger partial charge in [0, 0.05) is 0 Å². The average molecular weight is 315 g/mol. The second-order valence-electron chi connectivity index (χ2n) is 10.5. The summed E-state index contributed by atoms with van der Waals surface area (Å²) < 4.78 is 0. The normalized spacial score (nSPS) is 56.0. The van der Waals surface area contributed by atoms with Gasteiger partial charge in [0.2, 0.25) is 0 Å². The molecule has 5 saturated carbocycles. The molecule has 0 heterocycles. The zero-order valence-corrected chi connectivity index (χ0v) is 15.4. The van der Waals surface area contributed by atoms with Crippen LogP contribution in [0.5, 0.6) is 0 Å². The number of hydrogen-bond donors (Lipinski definition) is 0. The van der Waals surface area contributed by atoms with Crippen molar-refractivity contribution >= 4 is 0 Å². The van der Waals surface area contributed by atoms with Crippen LogP contribution in [0.1, 0.15) is 90.4 Å². The van der Waals surface area contributed by atoms with Gasteiger partial charge in [-0.1, -0.05) is 45.4 Å². The van der Waals surface area contributed by atoms with Crippen molar-refractivity contribution in [3.05, 3.63) is 0 Å². The summed E-state index contributed by atoms with van der Waals surface area (Å²) in [5.74, 6) is 10.2. The Morgan fingerprint density at radius 2 is 1.13 bits per heavy atom. The molecule has 23 heavy (non-hydrogen) atoms. The molecule has 9 atom stereocenters. The zero-order valence-electron chi connectivity index (χ0n) is 15.4. The first-order valence-corrected chi connectivity index (χ1v) is 11.3. The van der Waals surface area contributed by atoms with Crippen molar-refractivity contribution in [3.8, 4) is 0 Å². The lowest BCUT2D eigenvalue weighted by molar-refractivity contribution is 0.0277. The van der Waals surface area contributed by atoms with Gasteiger partial charge in [0.1, 0.15) is 0 Å². The van der Waals surface area contributed by atoms with Crippen LogP contribution in [0.25, 0.3) is 0 Å². The standard InChI is InChI=1S/C23H38/c1-15-4-2-7-18-13-20(14-19(18)12-15)21-10-8-16-5-3-6-17-9-11-22(21)23(16)17/h15-23H,2-14H2,1H3. The van der Waals surface area contributed by atoms with Crippen molar-refractivity contribution < 1.29 is 0 Å². The highest BCUT2D eigenvalue weighted by Crippen LogP contribution is 2.60. The Bertz CT molecular complexity index is 426. The molecule has 0 nitrogen and oxygen atoms in total. The van der Waals surface area contributed by atoms with Gasteiger partial charge in [0.05, 0.1) is 0 Å². The van der Waals surface area contributed by atoms with Crippen molar-refractivity contribution in [1.29, 1.82) is 0 Å². The number of hydrogen-bond acceptors (Lipinski definition) is 0. The molecule has 5 rings (SSSR count). The summed E-state index contributed by atoms with van der Waals surface area (Å²) >= 11 is 0. The van der Waals surface area contributed by atoms with Gasteiger partial charge in [-0.15, -0.1) is 0 Å². The molecule has 5 aliphatic carbocycles.